The minimum absolute atomic E-state index is 0.257. The standard InChI is InChI=1S/C15H15ClN6O/c1-21-7-11(16)13(20-21)19-15(23)9-5-12(8-3-4-8)18-14-10(9)6-17-22(14)2/h5-8H,3-4H2,1-2H3,(H,19,20,23). The van der Waals surface area contributed by atoms with Crippen molar-refractivity contribution in [2.75, 3.05) is 5.32 Å². The molecule has 3 aromatic rings. The van der Waals surface area contributed by atoms with Gasteiger partial charge >= 0.3 is 0 Å². The number of carbonyl (C=O) groups excluding carboxylic acids is 1. The molecular formula is C15H15ClN6O. The number of nitrogens with one attached hydrogen (secondary N) is 1. The molecule has 0 atom stereocenters. The fraction of sp³-hybridized carbons (Fsp3) is 0.333. The molecule has 1 fully saturated rings. The van der Waals surface area contributed by atoms with Crippen LogP contribution in [0, 0.1) is 0 Å². The monoisotopic (exact) mass is 330 g/mol. The second-order valence-corrected chi connectivity index (χ2v) is 6.24. The first-order valence-corrected chi connectivity index (χ1v) is 7.74. The highest BCUT2D eigenvalue weighted by atomic mass is 35.5. The van der Waals surface area contributed by atoms with Gasteiger partial charge in [-0.3, -0.25) is 14.2 Å². The number of hydrogen-bond acceptors (Lipinski definition) is 4. The zero-order chi connectivity index (χ0) is 16.1. The molecule has 1 N–H and O–H groups in total. The van der Waals surface area contributed by atoms with E-state index in [0.29, 0.717) is 28.0 Å². The molecule has 23 heavy (non-hydrogen) atoms. The van der Waals surface area contributed by atoms with Crippen LogP contribution in [0.1, 0.15) is 34.8 Å². The predicted octanol–water partition coefficient (Wildman–Crippen LogP) is 2.48. The van der Waals surface area contributed by atoms with Gasteiger partial charge in [0.2, 0.25) is 0 Å². The van der Waals surface area contributed by atoms with Crippen molar-refractivity contribution in [2.45, 2.75) is 18.8 Å². The highest BCUT2D eigenvalue weighted by Gasteiger charge is 2.28. The molecule has 0 aliphatic heterocycles. The van der Waals surface area contributed by atoms with Gasteiger partial charge in [0.15, 0.2) is 11.5 Å². The van der Waals surface area contributed by atoms with E-state index in [1.807, 2.05) is 13.1 Å². The number of halogens is 1. The molecule has 1 aliphatic carbocycles. The number of rotatable bonds is 3. The van der Waals surface area contributed by atoms with E-state index in [9.17, 15) is 4.79 Å². The van der Waals surface area contributed by atoms with Crippen molar-refractivity contribution in [2.24, 2.45) is 14.1 Å². The Morgan fingerprint density at radius 1 is 1.39 bits per heavy atom. The van der Waals surface area contributed by atoms with Crippen LogP contribution < -0.4 is 5.32 Å². The maximum absolute atomic E-state index is 12.7. The summed E-state index contributed by atoms with van der Waals surface area (Å²) in [6, 6.07) is 1.86. The first-order chi connectivity index (χ1) is 11.0. The molecule has 4 rings (SSSR count). The van der Waals surface area contributed by atoms with Crippen molar-refractivity contribution in [1.29, 1.82) is 0 Å². The van der Waals surface area contributed by atoms with Gasteiger partial charge in [0.05, 0.1) is 17.1 Å². The van der Waals surface area contributed by atoms with Crippen LogP contribution in [0.15, 0.2) is 18.5 Å². The Balaban J connectivity index is 1.77. The fourth-order valence-electron chi connectivity index (χ4n) is 2.63. The van der Waals surface area contributed by atoms with Gasteiger partial charge in [-0.05, 0) is 18.9 Å². The van der Waals surface area contributed by atoms with Crippen molar-refractivity contribution in [3.8, 4) is 0 Å². The third-order valence-electron chi connectivity index (χ3n) is 3.98. The zero-order valence-electron chi connectivity index (χ0n) is 12.7. The number of hydrogen-bond donors (Lipinski definition) is 1. The normalized spacial score (nSPS) is 14.4. The molecule has 0 spiro atoms. The van der Waals surface area contributed by atoms with Crippen LogP contribution in [0.5, 0.6) is 0 Å². The number of aryl methyl sites for hydroxylation is 2. The van der Waals surface area contributed by atoms with E-state index in [1.165, 1.54) is 0 Å². The molecule has 118 valence electrons. The van der Waals surface area contributed by atoms with Gasteiger partial charge in [-0.2, -0.15) is 10.2 Å². The van der Waals surface area contributed by atoms with Gasteiger partial charge in [0.25, 0.3) is 5.91 Å². The molecule has 0 aromatic carbocycles. The molecule has 0 saturated heterocycles. The summed E-state index contributed by atoms with van der Waals surface area (Å²) >= 11 is 6.06. The van der Waals surface area contributed by atoms with Crippen LogP contribution in [0.2, 0.25) is 5.02 Å². The summed E-state index contributed by atoms with van der Waals surface area (Å²) < 4.78 is 3.24. The van der Waals surface area contributed by atoms with E-state index in [4.69, 9.17) is 11.6 Å². The van der Waals surface area contributed by atoms with Crippen molar-refractivity contribution in [3.63, 3.8) is 0 Å². The topological polar surface area (TPSA) is 77.6 Å². The highest BCUT2D eigenvalue weighted by molar-refractivity contribution is 6.33. The molecule has 1 aliphatic rings. The number of pyridine rings is 1. The summed E-state index contributed by atoms with van der Waals surface area (Å²) in [4.78, 5) is 17.4. The van der Waals surface area contributed by atoms with Gasteiger partial charge in [-0.25, -0.2) is 4.98 Å². The molecule has 3 aromatic heterocycles. The van der Waals surface area contributed by atoms with Gasteiger partial charge < -0.3 is 5.32 Å². The van der Waals surface area contributed by atoms with E-state index in [2.05, 4.69) is 20.5 Å². The Hall–Kier alpha value is -2.41. The van der Waals surface area contributed by atoms with Gasteiger partial charge in [0, 0.05) is 31.9 Å². The Labute approximate surface area is 137 Å². The fourth-order valence-corrected chi connectivity index (χ4v) is 2.86. The molecule has 3 heterocycles. The number of amides is 1. The maximum Gasteiger partial charge on any atom is 0.257 e. The van der Waals surface area contributed by atoms with Gasteiger partial charge in [-0.15, -0.1) is 0 Å². The smallest absolute Gasteiger partial charge is 0.257 e. The van der Waals surface area contributed by atoms with Crippen molar-refractivity contribution < 1.29 is 4.79 Å². The molecule has 1 saturated carbocycles. The summed E-state index contributed by atoms with van der Waals surface area (Å²) in [5, 5.41) is 12.3. The lowest BCUT2D eigenvalue weighted by Crippen LogP contribution is -2.14. The second kappa shape index (κ2) is 5.06. The third-order valence-corrected chi connectivity index (χ3v) is 4.26. The van der Waals surface area contributed by atoms with Crippen LogP contribution in [0.3, 0.4) is 0 Å². The summed E-state index contributed by atoms with van der Waals surface area (Å²) in [6.07, 6.45) is 5.53. The summed E-state index contributed by atoms with van der Waals surface area (Å²) in [5.41, 5.74) is 2.21. The average Bonchev–Trinajstić information content (AvgIpc) is 3.23. The summed E-state index contributed by atoms with van der Waals surface area (Å²) in [7, 11) is 3.57. The van der Waals surface area contributed by atoms with Crippen LogP contribution in [0.4, 0.5) is 5.82 Å². The lowest BCUT2D eigenvalue weighted by Gasteiger charge is -2.07. The second-order valence-electron chi connectivity index (χ2n) is 5.83. The van der Waals surface area contributed by atoms with E-state index < -0.39 is 0 Å². The highest BCUT2D eigenvalue weighted by Crippen LogP contribution is 2.40. The van der Waals surface area contributed by atoms with Crippen molar-refractivity contribution >= 4 is 34.4 Å². The molecule has 0 bridgehead atoms. The quantitative estimate of drug-likeness (QED) is 0.800. The maximum atomic E-state index is 12.7. The van der Waals surface area contributed by atoms with Crippen LogP contribution >= 0.6 is 11.6 Å². The Morgan fingerprint density at radius 3 is 2.83 bits per heavy atom. The van der Waals surface area contributed by atoms with E-state index >= 15 is 0 Å². The van der Waals surface area contributed by atoms with Gasteiger partial charge in [-0.1, -0.05) is 11.6 Å². The lowest BCUT2D eigenvalue weighted by molar-refractivity contribution is 0.102. The molecule has 1 amide bonds. The van der Waals surface area contributed by atoms with Crippen LogP contribution in [-0.2, 0) is 14.1 Å². The third kappa shape index (κ3) is 2.46. The minimum Gasteiger partial charge on any atom is -0.304 e. The lowest BCUT2D eigenvalue weighted by atomic mass is 10.1. The zero-order valence-corrected chi connectivity index (χ0v) is 13.5. The molecule has 7 nitrogen and oxygen atoms in total. The average molecular weight is 331 g/mol. The largest absolute Gasteiger partial charge is 0.304 e. The van der Waals surface area contributed by atoms with Crippen LogP contribution in [-0.4, -0.2) is 30.5 Å². The van der Waals surface area contributed by atoms with Gasteiger partial charge in [0.1, 0.15) is 5.02 Å². The molecular weight excluding hydrogens is 316 g/mol. The van der Waals surface area contributed by atoms with E-state index in [1.54, 1.807) is 28.8 Å². The van der Waals surface area contributed by atoms with E-state index in [-0.39, 0.29) is 5.91 Å². The SMILES string of the molecule is Cn1cc(Cl)c(NC(=O)c2cc(C3CC3)nc3c2cnn3C)n1. The minimum atomic E-state index is -0.257. The predicted molar refractivity (Wildman–Crippen MR) is 86.7 cm³/mol. The number of aromatic nitrogens is 5. The molecule has 0 unspecified atom stereocenters. The Kier molecular flexibility index (Phi) is 3.12. The van der Waals surface area contributed by atoms with Crippen LogP contribution in [0.25, 0.3) is 11.0 Å². The first-order valence-electron chi connectivity index (χ1n) is 7.36. The molecule has 0 radical (unpaired) electrons. The van der Waals surface area contributed by atoms with Crippen molar-refractivity contribution in [3.05, 3.63) is 34.7 Å². The Morgan fingerprint density at radius 2 is 2.17 bits per heavy atom. The summed E-state index contributed by atoms with van der Waals surface area (Å²) in [6.45, 7) is 0. The van der Waals surface area contributed by atoms with E-state index in [0.717, 1.165) is 23.9 Å². The van der Waals surface area contributed by atoms with Crippen molar-refractivity contribution in [1.82, 2.24) is 24.5 Å². The summed E-state index contributed by atoms with van der Waals surface area (Å²) in [5.74, 6) is 0.535. The number of fused-ring (bicyclic) bond motifs is 1. The number of carbonyl (C=O) groups is 1. The number of nitrogens with zero attached hydrogens (tertiary/aromatic N) is 5. The Bertz CT molecular complexity index is 924. The first kappa shape index (κ1) is 14.2. The number of anilines is 1. The molecule has 8 heteroatoms.